The third kappa shape index (κ3) is 4.49. The second kappa shape index (κ2) is 7.85. The number of rotatable bonds is 3. The number of esters is 1. The minimum atomic E-state index is -0.868. The van der Waals surface area contributed by atoms with Crippen molar-refractivity contribution in [2.45, 2.75) is 45.8 Å². The highest BCUT2D eigenvalue weighted by Crippen LogP contribution is 2.29. The van der Waals surface area contributed by atoms with E-state index in [4.69, 9.17) is 9.47 Å². The van der Waals surface area contributed by atoms with Crippen LogP contribution in [-0.4, -0.2) is 29.9 Å². The zero-order valence-corrected chi connectivity index (χ0v) is 12.1. The van der Waals surface area contributed by atoms with Gasteiger partial charge in [-0.2, -0.15) is 0 Å². The van der Waals surface area contributed by atoms with Crippen molar-refractivity contribution < 1.29 is 23.8 Å². The Balaban J connectivity index is 0.000000956. The van der Waals surface area contributed by atoms with E-state index in [-0.39, 0.29) is 12.4 Å². The Morgan fingerprint density at radius 3 is 2.90 bits per heavy atom. The molecular formula is C15H21FO4. The molecule has 0 aromatic heterocycles. The Bertz CT molecular complexity index is 447. The van der Waals surface area contributed by atoms with Gasteiger partial charge in [-0.15, -0.1) is 0 Å². The molecule has 112 valence electrons. The van der Waals surface area contributed by atoms with Gasteiger partial charge in [0.1, 0.15) is 30.4 Å². The molecule has 0 saturated carbocycles. The van der Waals surface area contributed by atoms with Crippen LogP contribution in [0.25, 0.3) is 0 Å². The number of ether oxygens (including phenoxy) is 2. The van der Waals surface area contributed by atoms with Gasteiger partial charge in [-0.25, -0.2) is 4.39 Å². The number of aryl methyl sites for hydroxylation is 1. The first-order chi connectivity index (χ1) is 9.56. The molecule has 4 nitrogen and oxygen atoms in total. The first-order valence-corrected chi connectivity index (χ1v) is 6.83. The van der Waals surface area contributed by atoms with E-state index in [1.54, 1.807) is 6.07 Å². The van der Waals surface area contributed by atoms with Gasteiger partial charge in [-0.3, -0.25) is 4.79 Å². The number of aliphatic hydroxyl groups excluding tert-OH is 1. The fourth-order valence-electron chi connectivity index (χ4n) is 1.96. The summed E-state index contributed by atoms with van der Waals surface area (Å²) in [4.78, 5) is 10.7. The predicted molar refractivity (Wildman–Crippen MR) is 73.1 cm³/mol. The molecule has 1 N–H and O–H groups in total. The summed E-state index contributed by atoms with van der Waals surface area (Å²) in [5.41, 5.74) is 0.797. The van der Waals surface area contributed by atoms with Crippen molar-refractivity contribution >= 4 is 5.97 Å². The molecule has 1 aliphatic rings. The number of halogens is 1. The van der Waals surface area contributed by atoms with Crippen molar-refractivity contribution in [1.29, 1.82) is 0 Å². The van der Waals surface area contributed by atoms with Crippen LogP contribution in [-0.2, 0) is 16.0 Å². The molecular weight excluding hydrogens is 263 g/mol. The number of hydrogen-bond acceptors (Lipinski definition) is 4. The van der Waals surface area contributed by atoms with Crippen LogP contribution in [0, 0.1) is 5.82 Å². The molecule has 5 heteroatoms. The van der Waals surface area contributed by atoms with Gasteiger partial charge in [0.15, 0.2) is 0 Å². The first kappa shape index (κ1) is 16.4. The third-order valence-electron chi connectivity index (χ3n) is 2.89. The average Bonchev–Trinajstić information content (AvgIpc) is 2.46. The maximum Gasteiger partial charge on any atom is 0.302 e. The van der Waals surface area contributed by atoms with Crippen molar-refractivity contribution in [2.75, 3.05) is 6.61 Å². The van der Waals surface area contributed by atoms with Gasteiger partial charge in [0, 0.05) is 6.92 Å². The Kier molecular flexibility index (Phi) is 6.45. The fraction of sp³-hybridized carbons (Fsp3) is 0.533. The molecule has 2 rings (SSSR count). The van der Waals surface area contributed by atoms with Gasteiger partial charge >= 0.3 is 5.97 Å². The van der Waals surface area contributed by atoms with Crippen LogP contribution in [0.4, 0.5) is 4.39 Å². The lowest BCUT2D eigenvalue weighted by Gasteiger charge is -2.29. The summed E-state index contributed by atoms with van der Waals surface area (Å²) in [6, 6.07) is 4.30. The summed E-state index contributed by atoms with van der Waals surface area (Å²) >= 11 is 0. The first-order valence-electron chi connectivity index (χ1n) is 6.83. The fourth-order valence-corrected chi connectivity index (χ4v) is 1.96. The summed E-state index contributed by atoms with van der Waals surface area (Å²) in [5.74, 6) is -0.155. The highest BCUT2D eigenvalue weighted by atomic mass is 19.1. The van der Waals surface area contributed by atoms with E-state index in [0.29, 0.717) is 18.6 Å². The summed E-state index contributed by atoms with van der Waals surface area (Å²) in [6.45, 7) is 5.20. The summed E-state index contributed by atoms with van der Waals surface area (Å²) in [6.07, 6.45) is -0.0947. The van der Waals surface area contributed by atoms with Crippen LogP contribution >= 0.6 is 0 Å². The Morgan fingerprint density at radius 1 is 1.55 bits per heavy atom. The molecule has 0 radical (unpaired) electrons. The van der Waals surface area contributed by atoms with Crippen LogP contribution < -0.4 is 4.74 Å². The predicted octanol–water partition coefficient (Wildman–Crippen LogP) is 2.47. The van der Waals surface area contributed by atoms with Crippen molar-refractivity contribution in [3.63, 3.8) is 0 Å². The summed E-state index contributed by atoms with van der Waals surface area (Å²) < 4.78 is 23.3. The van der Waals surface area contributed by atoms with E-state index in [2.05, 4.69) is 0 Å². The molecule has 1 aliphatic heterocycles. The molecule has 1 unspecified atom stereocenters. The number of hydrogen-bond donors (Lipinski definition) is 1. The zero-order valence-electron chi connectivity index (χ0n) is 12.1. The van der Waals surface area contributed by atoms with Gasteiger partial charge < -0.3 is 14.6 Å². The van der Waals surface area contributed by atoms with E-state index in [9.17, 15) is 14.3 Å². The Hall–Kier alpha value is -1.62. The highest BCUT2D eigenvalue weighted by molar-refractivity contribution is 5.65. The van der Waals surface area contributed by atoms with Crippen LogP contribution in [0.5, 0.6) is 5.75 Å². The normalized spacial score (nSPS) is 17.9. The van der Waals surface area contributed by atoms with Crippen molar-refractivity contribution in [3.05, 3.63) is 29.6 Å². The van der Waals surface area contributed by atoms with Crippen molar-refractivity contribution in [1.82, 2.24) is 0 Å². The van der Waals surface area contributed by atoms with E-state index in [0.717, 1.165) is 5.56 Å². The zero-order chi connectivity index (χ0) is 15.1. The number of carbonyl (C=O) groups excluding carboxylic acids is 1. The van der Waals surface area contributed by atoms with Gasteiger partial charge in [0.25, 0.3) is 0 Å². The summed E-state index contributed by atoms with van der Waals surface area (Å²) in [7, 11) is 0. The number of benzene rings is 1. The smallest absolute Gasteiger partial charge is 0.302 e. The highest BCUT2D eigenvalue weighted by Gasteiger charge is 2.27. The molecule has 1 heterocycles. The third-order valence-corrected chi connectivity index (χ3v) is 2.89. The van der Waals surface area contributed by atoms with Crippen molar-refractivity contribution in [3.8, 4) is 5.75 Å². The molecule has 1 aromatic rings. The molecule has 0 spiro atoms. The molecule has 2 atom stereocenters. The molecule has 1 aromatic carbocycles. The van der Waals surface area contributed by atoms with Gasteiger partial charge in [0.05, 0.1) is 0 Å². The molecule has 0 fully saturated rings. The standard InChI is InChI=1S/C13H15FO4.C2H6/c1-8(15)17-7-11(16)13-4-2-9-6-10(14)3-5-12(9)18-13;1-2/h3,5-6,11,13,16H,2,4,7H2,1H3;1-2H3/t11-,13?;/m0./s1. The quantitative estimate of drug-likeness (QED) is 0.866. The SMILES string of the molecule is CC.CC(=O)OC[C@H](O)C1CCc2cc(F)ccc2O1. The number of carbonyl (C=O) groups is 1. The maximum absolute atomic E-state index is 13.0. The van der Waals surface area contributed by atoms with E-state index in [1.807, 2.05) is 13.8 Å². The largest absolute Gasteiger partial charge is 0.487 e. The second-order valence-corrected chi connectivity index (χ2v) is 4.32. The van der Waals surface area contributed by atoms with Crippen molar-refractivity contribution in [2.24, 2.45) is 0 Å². The molecule has 20 heavy (non-hydrogen) atoms. The molecule has 0 amide bonds. The number of fused-ring (bicyclic) bond motifs is 1. The lowest BCUT2D eigenvalue weighted by Crippen LogP contribution is -2.38. The van der Waals surface area contributed by atoms with Crippen LogP contribution in [0.1, 0.15) is 32.8 Å². The van der Waals surface area contributed by atoms with Crippen LogP contribution in [0.2, 0.25) is 0 Å². The van der Waals surface area contributed by atoms with E-state index in [1.165, 1.54) is 19.1 Å². The Morgan fingerprint density at radius 2 is 2.25 bits per heavy atom. The molecule has 0 aliphatic carbocycles. The van der Waals surface area contributed by atoms with Crippen LogP contribution in [0.15, 0.2) is 18.2 Å². The minimum Gasteiger partial charge on any atom is -0.487 e. The van der Waals surface area contributed by atoms with Gasteiger partial charge in [-0.1, -0.05) is 13.8 Å². The monoisotopic (exact) mass is 284 g/mol. The average molecular weight is 284 g/mol. The van der Waals surface area contributed by atoms with Gasteiger partial charge in [0.2, 0.25) is 0 Å². The lowest BCUT2D eigenvalue weighted by molar-refractivity contribution is -0.146. The number of aliphatic hydroxyl groups is 1. The topological polar surface area (TPSA) is 55.8 Å². The van der Waals surface area contributed by atoms with Crippen LogP contribution in [0.3, 0.4) is 0 Å². The second-order valence-electron chi connectivity index (χ2n) is 4.32. The molecule has 0 bridgehead atoms. The summed E-state index contributed by atoms with van der Waals surface area (Å²) in [5, 5.41) is 9.83. The maximum atomic E-state index is 13.0. The van der Waals surface area contributed by atoms with Gasteiger partial charge in [-0.05, 0) is 36.6 Å². The lowest BCUT2D eigenvalue weighted by atomic mass is 9.99. The Labute approximate surface area is 118 Å². The molecule has 0 saturated heterocycles. The van der Waals surface area contributed by atoms with E-state index >= 15 is 0 Å². The minimum absolute atomic E-state index is 0.0868. The van der Waals surface area contributed by atoms with E-state index < -0.39 is 18.2 Å².